The van der Waals surface area contributed by atoms with Crippen LogP contribution < -0.4 is 15.4 Å². The van der Waals surface area contributed by atoms with E-state index in [-0.39, 0.29) is 35.5 Å². The molecule has 8 nitrogen and oxygen atoms in total. The number of nitrogens with zero attached hydrogens (tertiary/aromatic N) is 1. The molecular weight excluding hydrogens is 514 g/mol. The van der Waals surface area contributed by atoms with Gasteiger partial charge in [-0.1, -0.05) is 44.2 Å². The first kappa shape index (κ1) is 27.5. The van der Waals surface area contributed by atoms with Gasteiger partial charge in [-0.2, -0.15) is 0 Å². The third-order valence-corrected chi connectivity index (χ3v) is 10.3. The van der Waals surface area contributed by atoms with Crippen molar-refractivity contribution in [2.45, 2.75) is 62.2 Å². The second kappa shape index (κ2) is 11.2. The van der Waals surface area contributed by atoms with Gasteiger partial charge < -0.3 is 25.4 Å². The molecule has 2 bridgehead atoms. The van der Waals surface area contributed by atoms with Gasteiger partial charge in [0, 0.05) is 17.5 Å². The third kappa shape index (κ3) is 4.91. The number of thioether (sulfide) groups is 1. The first-order valence-corrected chi connectivity index (χ1v) is 14.6. The summed E-state index contributed by atoms with van der Waals surface area (Å²) in [5.41, 5.74) is 1.61. The molecule has 2 aromatic rings. The topological polar surface area (TPSA) is 108 Å². The molecule has 0 saturated carbocycles. The molecule has 9 heteroatoms. The summed E-state index contributed by atoms with van der Waals surface area (Å²) >= 11 is 1.62. The van der Waals surface area contributed by atoms with Crippen molar-refractivity contribution in [3.05, 3.63) is 60.2 Å². The number of carbonyl (C=O) groups is 3. The molecule has 3 saturated heterocycles. The lowest BCUT2D eigenvalue weighted by Crippen LogP contribution is -2.57. The molecule has 3 N–H and O–H groups in total. The minimum Gasteiger partial charge on any atom is -0.494 e. The van der Waals surface area contributed by atoms with Crippen LogP contribution in [-0.4, -0.2) is 63.0 Å². The Labute approximate surface area is 233 Å². The average Bonchev–Trinajstić information content (AvgIpc) is 3.57. The lowest BCUT2D eigenvalue weighted by Gasteiger charge is -2.38. The van der Waals surface area contributed by atoms with Crippen molar-refractivity contribution in [3.63, 3.8) is 0 Å². The van der Waals surface area contributed by atoms with Crippen LogP contribution in [0.4, 0.5) is 5.69 Å². The second-order valence-electron chi connectivity index (χ2n) is 10.9. The van der Waals surface area contributed by atoms with E-state index in [0.29, 0.717) is 25.3 Å². The molecule has 0 radical (unpaired) electrons. The van der Waals surface area contributed by atoms with E-state index in [4.69, 9.17) is 4.74 Å². The number of nitrogens with one attached hydrogen (secondary N) is 2. The highest BCUT2D eigenvalue weighted by Gasteiger charge is 2.74. The van der Waals surface area contributed by atoms with Crippen LogP contribution in [0, 0.1) is 17.8 Å². The predicted octanol–water partition coefficient (Wildman–Crippen LogP) is 3.45. The number of fused-ring (bicyclic) bond motifs is 1. The summed E-state index contributed by atoms with van der Waals surface area (Å²) in [6.45, 7) is 6.46. The standard InChI is InChI=1S/C30H37N3O5S/c1-4-38-21-12-10-20(11-13-21)32-27(35)24-23-14-15-30(39-23)25(24)29(37)33(22(17-34)18(2)3)26(30)28(36)31-16-19-8-6-5-7-9-19/h5-13,18,22-26,34H,4,14-17H2,1-3H3,(H,31,36)(H,32,35)/t22-,23+,24-,25-,26?,30?/m0/s1. The molecule has 208 valence electrons. The molecule has 3 heterocycles. The van der Waals surface area contributed by atoms with Crippen LogP contribution >= 0.6 is 11.8 Å². The lowest BCUT2D eigenvalue weighted by molar-refractivity contribution is -0.143. The number of likely N-dealkylation sites (tertiary alicyclic amines) is 1. The van der Waals surface area contributed by atoms with E-state index in [9.17, 15) is 19.5 Å². The number of ether oxygens (including phenoxy) is 1. The van der Waals surface area contributed by atoms with E-state index >= 15 is 0 Å². The van der Waals surface area contributed by atoms with Gasteiger partial charge in [0.05, 0.1) is 35.8 Å². The van der Waals surface area contributed by atoms with Gasteiger partial charge >= 0.3 is 0 Å². The highest BCUT2D eigenvalue weighted by molar-refractivity contribution is 8.02. The van der Waals surface area contributed by atoms with E-state index in [2.05, 4.69) is 10.6 Å². The number of benzene rings is 2. The first-order valence-electron chi connectivity index (χ1n) is 13.8. The molecule has 3 aliphatic rings. The molecule has 6 atom stereocenters. The van der Waals surface area contributed by atoms with Gasteiger partial charge in [0.15, 0.2) is 0 Å². The van der Waals surface area contributed by atoms with E-state index in [1.54, 1.807) is 40.9 Å². The fraction of sp³-hybridized carbons (Fsp3) is 0.500. The molecule has 0 aliphatic carbocycles. The largest absolute Gasteiger partial charge is 0.494 e. The van der Waals surface area contributed by atoms with Gasteiger partial charge in [-0.15, -0.1) is 11.8 Å². The quantitative estimate of drug-likeness (QED) is 0.418. The van der Waals surface area contributed by atoms with Crippen LogP contribution in [0.25, 0.3) is 0 Å². The van der Waals surface area contributed by atoms with Gasteiger partial charge in [0.25, 0.3) is 0 Å². The van der Waals surface area contributed by atoms with Crippen LogP contribution in [0.3, 0.4) is 0 Å². The summed E-state index contributed by atoms with van der Waals surface area (Å²) in [4.78, 5) is 43.4. The SMILES string of the molecule is CCOc1ccc(NC(=O)[C@@H]2[C@H]3C(=O)N([C@@H](CO)C(C)C)C(C(=O)NCc4ccccc4)C34CC[C@H]2S4)cc1. The Morgan fingerprint density at radius 1 is 1.13 bits per heavy atom. The highest BCUT2D eigenvalue weighted by Crippen LogP contribution is 2.66. The molecule has 5 rings (SSSR count). The minimum absolute atomic E-state index is 0.0418. The van der Waals surface area contributed by atoms with E-state index in [0.717, 1.165) is 17.7 Å². The Bertz CT molecular complexity index is 1210. The third-order valence-electron chi connectivity index (χ3n) is 8.35. The van der Waals surface area contributed by atoms with Crippen LogP contribution in [0.1, 0.15) is 39.2 Å². The van der Waals surface area contributed by atoms with Crippen LogP contribution in [-0.2, 0) is 20.9 Å². The number of aliphatic hydroxyl groups excluding tert-OH is 1. The average molecular weight is 552 g/mol. The number of hydrogen-bond donors (Lipinski definition) is 3. The molecule has 2 unspecified atom stereocenters. The zero-order valence-electron chi connectivity index (χ0n) is 22.6. The zero-order chi connectivity index (χ0) is 27.7. The maximum absolute atomic E-state index is 14.2. The Morgan fingerprint density at radius 3 is 2.49 bits per heavy atom. The van der Waals surface area contributed by atoms with Crippen LogP contribution in [0.2, 0.25) is 0 Å². The molecule has 3 amide bonds. The minimum atomic E-state index is -0.753. The maximum atomic E-state index is 14.2. The van der Waals surface area contributed by atoms with Gasteiger partial charge in [-0.25, -0.2) is 0 Å². The van der Waals surface area contributed by atoms with Crippen molar-refractivity contribution >= 4 is 35.2 Å². The Morgan fingerprint density at radius 2 is 1.85 bits per heavy atom. The zero-order valence-corrected chi connectivity index (χ0v) is 23.4. The van der Waals surface area contributed by atoms with Gasteiger partial charge in [0.2, 0.25) is 17.7 Å². The van der Waals surface area contributed by atoms with E-state index < -0.39 is 28.7 Å². The smallest absolute Gasteiger partial charge is 0.244 e. The fourth-order valence-corrected chi connectivity index (χ4v) is 8.78. The monoisotopic (exact) mass is 551 g/mol. The lowest BCUT2D eigenvalue weighted by atomic mass is 9.70. The van der Waals surface area contributed by atoms with Crippen molar-refractivity contribution in [1.29, 1.82) is 0 Å². The molecule has 3 fully saturated rings. The van der Waals surface area contributed by atoms with Crippen molar-refractivity contribution in [2.75, 3.05) is 18.5 Å². The molecule has 39 heavy (non-hydrogen) atoms. The number of carbonyl (C=O) groups excluding carboxylic acids is 3. The second-order valence-corrected chi connectivity index (χ2v) is 12.5. The summed E-state index contributed by atoms with van der Waals surface area (Å²) in [6.07, 6.45) is 1.44. The van der Waals surface area contributed by atoms with Crippen molar-refractivity contribution < 1.29 is 24.2 Å². The molecule has 3 aliphatic heterocycles. The normalized spacial score (nSPS) is 27.9. The number of hydrogen-bond acceptors (Lipinski definition) is 6. The number of amides is 3. The number of rotatable bonds is 10. The summed E-state index contributed by atoms with van der Waals surface area (Å²) in [5, 5.41) is 16.3. The molecular formula is C30H37N3O5S. The predicted molar refractivity (Wildman–Crippen MR) is 151 cm³/mol. The first-order chi connectivity index (χ1) is 18.8. The Kier molecular flexibility index (Phi) is 7.91. The summed E-state index contributed by atoms with van der Waals surface area (Å²) in [5.74, 6) is -1.14. The summed E-state index contributed by atoms with van der Waals surface area (Å²) in [6, 6.07) is 15.6. The number of anilines is 1. The molecule has 2 aromatic carbocycles. The molecule has 0 aromatic heterocycles. The van der Waals surface area contributed by atoms with Crippen molar-refractivity contribution in [2.24, 2.45) is 17.8 Å². The highest BCUT2D eigenvalue weighted by atomic mass is 32.2. The van der Waals surface area contributed by atoms with Crippen molar-refractivity contribution in [3.8, 4) is 5.75 Å². The Hall–Kier alpha value is -3.04. The van der Waals surface area contributed by atoms with E-state index in [1.807, 2.05) is 51.1 Å². The Balaban J connectivity index is 1.43. The summed E-state index contributed by atoms with van der Waals surface area (Å²) < 4.78 is 4.79. The van der Waals surface area contributed by atoms with Gasteiger partial charge in [-0.05, 0) is 55.5 Å². The number of aliphatic hydroxyl groups is 1. The maximum Gasteiger partial charge on any atom is 0.244 e. The van der Waals surface area contributed by atoms with Crippen LogP contribution in [0.15, 0.2) is 54.6 Å². The van der Waals surface area contributed by atoms with Crippen LogP contribution in [0.5, 0.6) is 5.75 Å². The fourth-order valence-electron chi connectivity index (χ4n) is 6.58. The summed E-state index contributed by atoms with van der Waals surface area (Å²) in [7, 11) is 0. The molecule has 1 spiro atoms. The van der Waals surface area contributed by atoms with E-state index in [1.165, 1.54) is 0 Å². The van der Waals surface area contributed by atoms with Gasteiger partial charge in [0.1, 0.15) is 11.8 Å². The van der Waals surface area contributed by atoms with Gasteiger partial charge in [-0.3, -0.25) is 14.4 Å². The van der Waals surface area contributed by atoms with Crippen molar-refractivity contribution in [1.82, 2.24) is 10.2 Å².